The molecule has 6 heteroatoms. The lowest BCUT2D eigenvalue weighted by atomic mass is 10.1. The molecule has 0 aromatic carbocycles. The van der Waals surface area contributed by atoms with Gasteiger partial charge in [-0.15, -0.1) is 0 Å². The van der Waals surface area contributed by atoms with Crippen molar-refractivity contribution in [3.8, 4) is 17.3 Å². The topological polar surface area (TPSA) is 72.8 Å². The fourth-order valence-electron chi connectivity index (χ4n) is 2.79. The Morgan fingerprint density at radius 2 is 1.68 bits per heavy atom. The Morgan fingerprint density at radius 3 is 2.20 bits per heavy atom. The van der Waals surface area contributed by atoms with Crippen LogP contribution in [0.15, 0.2) is 6.20 Å². The molecule has 0 radical (unpaired) electrons. The van der Waals surface area contributed by atoms with Gasteiger partial charge in [-0.05, 0) is 32.6 Å². The van der Waals surface area contributed by atoms with Crippen molar-refractivity contribution in [1.29, 1.82) is 0 Å². The van der Waals surface area contributed by atoms with Crippen molar-refractivity contribution in [2.45, 2.75) is 66.3 Å². The molecule has 0 aliphatic carbocycles. The van der Waals surface area contributed by atoms with Crippen LogP contribution in [-0.4, -0.2) is 33.1 Å². The van der Waals surface area contributed by atoms with E-state index < -0.39 is 0 Å². The summed E-state index contributed by atoms with van der Waals surface area (Å²) in [4.78, 5) is 18.4. The molecule has 0 bridgehead atoms. The van der Waals surface area contributed by atoms with Gasteiger partial charge in [0.15, 0.2) is 0 Å². The van der Waals surface area contributed by atoms with Gasteiger partial charge in [0, 0.05) is 17.8 Å². The summed E-state index contributed by atoms with van der Waals surface area (Å²) in [6.07, 6.45) is 5.53. The van der Waals surface area contributed by atoms with Gasteiger partial charge >= 0.3 is 6.01 Å². The van der Waals surface area contributed by atoms with Gasteiger partial charge in [-0.3, -0.25) is 0 Å². The highest BCUT2D eigenvalue weighted by Crippen LogP contribution is 2.27. The SMILES string of the molecule is CCc1nc(-c2cnc(OC)nc2C)c(CC)nc1NC(CC)CC. The zero-order chi connectivity index (χ0) is 18.4. The van der Waals surface area contributed by atoms with Crippen molar-refractivity contribution in [3.05, 3.63) is 23.3 Å². The van der Waals surface area contributed by atoms with Crippen LogP contribution in [0.4, 0.5) is 5.82 Å². The van der Waals surface area contributed by atoms with Crippen LogP contribution in [0.25, 0.3) is 11.3 Å². The first-order valence-electron chi connectivity index (χ1n) is 9.12. The number of methoxy groups -OCH3 is 1. The van der Waals surface area contributed by atoms with Crippen LogP contribution in [0.1, 0.15) is 57.6 Å². The van der Waals surface area contributed by atoms with E-state index in [-0.39, 0.29) is 0 Å². The number of ether oxygens (including phenoxy) is 1. The lowest BCUT2D eigenvalue weighted by molar-refractivity contribution is 0.379. The van der Waals surface area contributed by atoms with Gasteiger partial charge in [-0.2, -0.15) is 4.98 Å². The molecular weight excluding hydrogens is 314 g/mol. The number of rotatable bonds is 8. The molecule has 0 amide bonds. The average Bonchev–Trinajstić information content (AvgIpc) is 2.65. The van der Waals surface area contributed by atoms with Crippen LogP contribution in [0, 0.1) is 6.92 Å². The minimum atomic E-state index is 0.370. The summed E-state index contributed by atoms with van der Waals surface area (Å²) in [5.74, 6) is 0.906. The zero-order valence-electron chi connectivity index (χ0n) is 16.2. The zero-order valence-corrected chi connectivity index (χ0v) is 16.2. The number of anilines is 1. The highest BCUT2D eigenvalue weighted by atomic mass is 16.5. The van der Waals surface area contributed by atoms with Crippen LogP contribution in [0.3, 0.4) is 0 Å². The number of hydrogen-bond acceptors (Lipinski definition) is 6. The molecule has 2 aromatic rings. The Balaban J connectivity index is 2.52. The first kappa shape index (κ1) is 19.1. The maximum absolute atomic E-state index is 5.11. The first-order valence-corrected chi connectivity index (χ1v) is 9.12. The predicted molar refractivity (Wildman–Crippen MR) is 101 cm³/mol. The number of aryl methyl sites for hydroxylation is 3. The molecule has 0 fully saturated rings. The summed E-state index contributed by atoms with van der Waals surface area (Å²) < 4.78 is 5.11. The van der Waals surface area contributed by atoms with E-state index in [0.717, 1.165) is 59.8 Å². The Morgan fingerprint density at radius 1 is 1.00 bits per heavy atom. The number of nitrogens with one attached hydrogen (secondary N) is 1. The molecule has 0 atom stereocenters. The molecule has 0 saturated heterocycles. The second-order valence-corrected chi connectivity index (χ2v) is 6.03. The molecule has 2 aromatic heterocycles. The van der Waals surface area contributed by atoms with Crippen molar-refractivity contribution in [2.24, 2.45) is 0 Å². The van der Waals surface area contributed by atoms with Crippen molar-refractivity contribution < 1.29 is 4.74 Å². The summed E-state index contributed by atoms with van der Waals surface area (Å²) in [6.45, 7) is 10.5. The summed E-state index contributed by atoms with van der Waals surface area (Å²) >= 11 is 0. The largest absolute Gasteiger partial charge is 0.467 e. The van der Waals surface area contributed by atoms with E-state index in [1.807, 2.05) is 6.92 Å². The Kier molecular flexibility index (Phi) is 6.67. The van der Waals surface area contributed by atoms with E-state index >= 15 is 0 Å². The van der Waals surface area contributed by atoms with Gasteiger partial charge < -0.3 is 10.1 Å². The molecule has 0 saturated carbocycles. The quantitative estimate of drug-likeness (QED) is 0.781. The number of hydrogen-bond donors (Lipinski definition) is 1. The van der Waals surface area contributed by atoms with Gasteiger partial charge in [0.25, 0.3) is 0 Å². The highest BCUT2D eigenvalue weighted by Gasteiger charge is 2.17. The molecular formula is C19H29N5O. The standard InChI is InChI=1S/C19H29N5O/c1-7-13(8-2)22-18-16(10-4)23-17(15(9-3)24-18)14-11-20-19(25-6)21-12(14)5/h11,13H,7-10H2,1-6H3,(H,22,24). The van der Waals surface area contributed by atoms with Crippen LogP contribution in [-0.2, 0) is 12.8 Å². The summed E-state index contributed by atoms with van der Waals surface area (Å²) in [5, 5.41) is 3.56. The molecule has 0 spiro atoms. The third kappa shape index (κ3) is 4.24. The van der Waals surface area contributed by atoms with Gasteiger partial charge in [0.2, 0.25) is 0 Å². The molecule has 6 nitrogen and oxygen atoms in total. The Hall–Kier alpha value is -2.24. The summed E-state index contributed by atoms with van der Waals surface area (Å²) in [6, 6.07) is 0.788. The second-order valence-electron chi connectivity index (χ2n) is 6.03. The normalized spacial score (nSPS) is 11.0. The first-order chi connectivity index (χ1) is 12.1. The molecule has 0 aliphatic rings. The van der Waals surface area contributed by atoms with Crippen molar-refractivity contribution in [3.63, 3.8) is 0 Å². The van der Waals surface area contributed by atoms with E-state index in [4.69, 9.17) is 14.7 Å². The van der Waals surface area contributed by atoms with E-state index in [0.29, 0.717) is 12.1 Å². The maximum Gasteiger partial charge on any atom is 0.316 e. The monoisotopic (exact) mass is 343 g/mol. The fourth-order valence-corrected chi connectivity index (χ4v) is 2.79. The minimum Gasteiger partial charge on any atom is -0.467 e. The lowest BCUT2D eigenvalue weighted by Gasteiger charge is -2.20. The van der Waals surface area contributed by atoms with Gasteiger partial charge in [0.1, 0.15) is 5.82 Å². The van der Waals surface area contributed by atoms with Crippen LogP contribution in [0.5, 0.6) is 6.01 Å². The van der Waals surface area contributed by atoms with Crippen molar-refractivity contribution in [1.82, 2.24) is 19.9 Å². The Labute approximate surface area is 150 Å². The minimum absolute atomic E-state index is 0.370. The smallest absolute Gasteiger partial charge is 0.316 e. The van der Waals surface area contributed by atoms with Crippen LogP contribution >= 0.6 is 0 Å². The van der Waals surface area contributed by atoms with Crippen molar-refractivity contribution >= 4 is 5.82 Å². The maximum atomic E-state index is 5.11. The summed E-state index contributed by atoms with van der Waals surface area (Å²) in [7, 11) is 1.57. The molecule has 25 heavy (non-hydrogen) atoms. The Bertz CT molecular complexity index is 713. The van der Waals surface area contributed by atoms with Crippen molar-refractivity contribution in [2.75, 3.05) is 12.4 Å². The lowest BCUT2D eigenvalue weighted by Crippen LogP contribution is -2.20. The average molecular weight is 343 g/mol. The molecule has 0 unspecified atom stereocenters. The van der Waals surface area contributed by atoms with Gasteiger partial charge in [-0.25, -0.2) is 15.0 Å². The van der Waals surface area contributed by atoms with Gasteiger partial charge in [0.05, 0.1) is 29.9 Å². The molecule has 1 N–H and O–H groups in total. The van der Waals surface area contributed by atoms with E-state index in [1.165, 1.54) is 0 Å². The predicted octanol–water partition coefficient (Wildman–Crippen LogP) is 3.98. The van der Waals surface area contributed by atoms with Crippen LogP contribution < -0.4 is 10.1 Å². The third-order valence-corrected chi connectivity index (χ3v) is 4.43. The highest BCUT2D eigenvalue weighted by molar-refractivity contribution is 5.65. The summed E-state index contributed by atoms with van der Waals surface area (Å²) in [5.41, 5.74) is 4.57. The second kappa shape index (κ2) is 8.74. The third-order valence-electron chi connectivity index (χ3n) is 4.43. The number of nitrogens with zero attached hydrogens (tertiary/aromatic N) is 4. The van der Waals surface area contributed by atoms with Gasteiger partial charge in [-0.1, -0.05) is 27.7 Å². The van der Waals surface area contributed by atoms with E-state index in [2.05, 4.69) is 43.0 Å². The molecule has 2 heterocycles. The van der Waals surface area contributed by atoms with E-state index in [9.17, 15) is 0 Å². The number of aromatic nitrogens is 4. The van der Waals surface area contributed by atoms with Crippen LogP contribution in [0.2, 0.25) is 0 Å². The molecule has 0 aliphatic heterocycles. The molecule has 136 valence electrons. The van der Waals surface area contributed by atoms with E-state index in [1.54, 1.807) is 13.3 Å². The fraction of sp³-hybridized carbons (Fsp3) is 0.579. The molecule has 2 rings (SSSR count).